The van der Waals surface area contributed by atoms with Gasteiger partial charge in [-0.3, -0.25) is 19.2 Å². The summed E-state index contributed by atoms with van der Waals surface area (Å²) in [7, 11) is -4.24. The number of rotatable bonds is 6. The van der Waals surface area contributed by atoms with Gasteiger partial charge in [-0.25, -0.2) is 0 Å². The van der Waals surface area contributed by atoms with Crippen LogP contribution in [0.2, 0.25) is 0 Å². The minimum Gasteiger partial charge on any atom is -0.289 e. The molecule has 1 aliphatic rings. The van der Waals surface area contributed by atoms with Crippen molar-refractivity contribution in [2.75, 3.05) is 0 Å². The molecule has 0 unspecified atom stereocenters. The molecule has 144 valence electrons. The maximum atomic E-state index is 12.5. The van der Waals surface area contributed by atoms with E-state index in [9.17, 15) is 23.3 Å². The summed E-state index contributed by atoms with van der Waals surface area (Å²) in [4.78, 5) is 22.2. The number of allylic oxidation sites excluding steroid dienone is 4. The van der Waals surface area contributed by atoms with Crippen LogP contribution in [-0.4, -0.2) is 24.8 Å². The molecule has 27 heavy (non-hydrogen) atoms. The topological polar surface area (TPSA) is 116 Å². The van der Waals surface area contributed by atoms with Crippen LogP contribution in [0.4, 0.5) is 5.69 Å². The molecular weight excluding hydrogens is 372 g/mol. The number of nitrogens with zero attached hydrogens (tertiary/aromatic N) is 2. The number of hydrogen-bond donors (Lipinski definition) is 0. The Bertz CT molecular complexity index is 924. The van der Waals surface area contributed by atoms with Gasteiger partial charge in [-0.15, -0.1) is 0 Å². The highest BCUT2D eigenvalue weighted by Crippen LogP contribution is 2.25. The fourth-order valence-corrected chi connectivity index (χ4v) is 3.18. The molecule has 0 bridgehead atoms. The SMILES string of the molecule is CC(C)C1=CC(=NOS(=O)(=O)c2ccc([N+](=O)[O-])cc2)C=C(C(C)C)C1=O. The van der Waals surface area contributed by atoms with Gasteiger partial charge in [-0.2, -0.15) is 8.42 Å². The van der Waals surface area contributed by atoms with E-state index in [2.05, 4.69) is 5.16 Å². The fraction of sp³-hybridized carbons (Fsp3) is 0.333. The molecule has 1 aromatic carbocycles. The van der Waals surface area contributed by atoms with E-state index >= 15 is 0 Å². The predicted octanol–water partition coefficient (Wildman–Crippen LogP) is 3.40. The molecular formula is C18H20N2O6S. The third-order valence-corrected chi connectivity index (χ3v) is 5.07. The van der Waals surface area contributed by atoms with E-state index in [4.69, 9.17) is 4.28 Å². The summed E-state index contributed by atoms with van der Waals surface area (Å²) in [6, 6.07) is 4.28. The Hall–Kier alpha value is -2.81. The van der Waals surface area contributed by atoms with E-state index in [-0.39, 0.29) is 33.9 Å². The highest BCUT2D eigenvalue weighted by molar-refractivity contribution is 7.86. The zero-order chi connectivity index (χ0) is 20.4. The zero-order valence-electron chi connectivity index (χ0n) is 15.4. The lowest BCUT2D eigenvalue weighted by Crippen LogP contribution is -2.21. The highest BCUT2D eigenvalue weighted by Gasteiger charge is 2.25. The van der Waals surface area contributed by atoms with Crippen LogP contribution < -0.4 is 0 Å². The van der Waals surface area contributed by atoms with Crippen LogP contribution in [0.5, 0.6) is 0 Å². The molecule has 9 heteroatoms. The van der Waals surface area contributed by atoms with Crippen LogP contribution in [-0.2, 0) is 19.2 Å². The minimum atomic E-state index is -4.24. The van der Waals surface area contributed by atoms with E-state index in [0.29, 0.717) is 11.1 Å². The molecule has 0 atom stereocenters. The molecule has 0 saturated heterocycles. The van der Waals surface area contributed by atoms with Gasteiger partial charge in [-0.05, 0) is 36.1 Å². The van der Waals surface area contributed by atoms with Crippen LogP contribution >= 0.6 is 0 Å². The third-order valence-electron chi connectivity index (χ3n) is 3.95. The summed E-state index contributed by atoms with van der Waals surface area (Å²) in [5, 5.41) is 14.3. The molecule has 1 aromatic rings. The molecule has 0 N–H and O–H groups in total. The second-order valence-electron chi connectivity index (χ2n) is 6.63. The van der Waals surface area contributed by atoms with Gasteiger partial charge in [0, 0.05) is 23.3 Å². The number of benzene rings is 1. The van der Waals surface area contributed by atoms with E-state index in [1.807, 2.05) is 27.7 Å². The van der Waals surface area contributed by atoms with Gasteiger partial charge in [0.05, 0.1) is 4.92 Å². The molecule has 0 radical (unpaired) electrons. The molecule has 0 aliphatic heterocycles. The molecule has 0 saturated carbocycles. The Morgan fingerprint density at radius 1 is 1.00 bits per heavy atom. The quantitative estimate of drug-likeness (QED) is 0.416. The second-order valence-corrected chi connectivity index (χ2v) is 8.16. The summed E-state index contributed by atoms with van der Waals surface area (Å²) in [6.45, 7) is 7.44. The number of carbonyl (C=O) groups is 1. The average Bonchev–Trinajstić information content (AvgIpc) is 2.60. The van der Waals surface area contributed by atoms with Crippen LogP contribution in [0.15, 0.2) is 57.6 Å². The van der Waals surface area contributed by atoms with Crippen molar-refractivity contribution < 1.29 is 22.4 Å². The number of carbonyl (C=O) groups excluding carboxylic acids is 1. The second kappa shape index (κ2) is 7.83. The number of oxime groups is 1. The van der Waals surface area contributed by atoms with Gasteiger partial charge in [0.1, 0.15) is 10.6 Å². The van der Waals surface area contributed by atoms with E-state index in [1.54, 1.807) is 0 Å². The maximum Gasteiger partial charge on any atom is 0.358 e. The van der Waals surface area contributed by atoms with Crippen molar-refractivity contribution in [3.8, 4) is 0 Å². The van der Waals surface area contributed by atoms with Crippen molar-refractivity contribution in [3.63, 3.8) is 0 Å². The lowest BCUT2D eigenvalue weighted by atomic mass is 9.84. The van der Waals surface area contributed by atoms with Crippen LogP contribution in [0.1, 0.15) is 27.7 Å². The number of Topliss-reactive ketones (excluding diaryl/α,β-unsaturated/α-hetero) is 1. The lowest BCUT2D eigenvalue weighted by Gasteiger charge is -2.19. The first-order valence-electron chi connectivity index (χ1n) is 8.27. The van der Waals surface area contributed by atoms with Gasteiger partial charge in [0.15, 0.2) is 5.78 Å². The molecule has 8 nitrogen and oxygen atoms in total. The molecule has 2 rings (SSSR count). The molecule has 0 heterocycles. The predicted molar refractivity (Wildman–Crippen MR) is 99.7 cm³/mol. The molecule has 0 spiro atoms. The zero-order valence-corrected chi connectivity index (χ0v) is 16.2. The molecule has 0 aromatic heterocycles. The van der Waals surface area contributed by atoms with E-state index < -0.39 is 15.0 Å². The number of hydrogen-bond acceptors (Lipinski definition) is 7. The maximum absolute atomic E-state index is 12.5. The number of nitro benzene ring substituents is 1. The summed E-state index contributed by atoms with van der Waals surface area (Å²) in [6.07, 6.45) is 3.01. The summed E-state index contributed by atoms with van der Waals surface area (Å²) in [5.74, 6) is -0.204. The van der Waals surface area contributed by atoms with Crippen molar-refractivity contribution in [1.82, 2.24) is 0 Å². The molecule has 0 amide bonds. The van der Waals surface area contributed by atoms with Crippen LogP contribution in [0.25, 0.3) is 0 Å². The number of non-ortho nitro benzene ring substituents is 1. The van der Waals surface area contributed by atoms with Crippen LogP contribution in [0, 0.1) is 22.0 Å². The first kappa shape index (κ1) is 20.5. The lowest BCUT2D eigenvalue weighted by molar-refractivity contribution is -0.384. The van der Waals surface area contributed by atoms with Crippen molar-refractivity contribution in [1.29, 1.82) is 0 Å². The Labute approximate surface area is 157 Å². The standard InChI is InChI=1S/C18H20N2O6S/c1-11(2)16-9-13(10-17(12(3)4)18(16)21)19-26-27(24,25)15-7-5-14(6-8-15)20(22)23/h5-12H,1-4H3. The van der Waals surface area contributed by atoms with Gasteiger partial charge in [-0.1, -0.05) is 32.9 Å². The van der Waals surface area contributed by atoms with E-state index in [0.717, 1.165) is 24.3 Å². The Morgan fingerprint density at radius 3 is 1.89 bits per heavy atom. The average molecular weight is 392 g/mol. The summed E-state index contributed by atoms with van der Waals surface area (Å²) < 4.78 is 29.2. The monoisotopic (exact) mass is 392 g/mol. The van der Waals surface area contributed by atoms with Gasteiger partial charge in [0.2, 0.25) is 0 Å². The summed E-state index contributed by atoms with van der Waals surface area (Å²) in [5.41, 5.74) is 1.03. The molecule has 0 fully saturated rings. The molecule has 1 aliphatic carbocycles. The smallest absolute Gasteiger partial charge is 0.289 e. The van der Waals surface area contributed by atoms with E-state index in [1.165, 1.54) is 12.2 Å². The normalized spacial score (nSPS) is 14.9. The Morgan fingerprint density at radius 2 is 1.48 bits per heavy atom. The van der Waals surface area contributed by atoms with Crippen molar-refractivity contribution >= 4 is 27.3 Å². The first-order valence-corrected chi connectivity index (χ1v) is 9.67. The Balaban J connectivity index is 2.33. The van der Waals surface area contributed by atoms with Gasteiger partial charge < -0.3 is 0 Å². The third kappa shape index (κ3) is 4.68. The minimum absolute atomic E-state index is 0.0589. The fourth-order valence-electron chi connectivity index (χ4n) is 2.44. The highest BCUT2D eigenvalue weighted by atomic mass is 32.2. The van der Waals surface area contributed by atoms with Gasteiger partial charge >= 0.3 is 10.1 Å². The van der Waals surface area contributed by atoms with Gasteiger partial charge in [0.25, 0.3) is 5.69 Å². The number of ketones is 1. The van der Waals surface area contributed by atoms with Crippen molar-refractivity contribution in [2.45, 2.75) is 32.6 Å². The van der Waals surface area contributed by atoms with Crippen molar-refractivity contribution in [3.05, 3.63) is 57.7 Å². The Kier molecular flexibility index (Phi) is 5.94. The van der Waals surface area contributed by atoms with Crippen LogP contribution in [0.3, 0.4) is 0 Å². The van der Waals surface area contributed by atoms with Crippen molar-refractivity contribution in [2.24, 2.45) is 17.0 Å². The number of nitro groups is 1. The first-order chi connectivity index (χ1) is 12.5. The summed E-state index contributed by atoms with van der Waals surface area (Å²) >= 11 is 0. The largest absolute Gasteiger partial charge is 0.358 e.